The fourth-order valence-corrected chi connectivity index (χ4v) is 2.29. The highest BCUT2D eigenvalue weighted by Gasteiger charge is 2.29. The highest BCUT2D eigenvalue weighted by molar-refractivity contribution is 6.36. The van der Waals surface area contributed by atoms with Gasteiger partial charge in [-0.15, -0.1) is 0 Å². The zero-order valence-electron chi connectivity index (χ0n) is 11.8. The molecule has 2 aromatic rings. The maximum atomic E-state index is 12.3. The number of carbonyl (C=O) groups is 1. The summed E-state index contributed by atoms with van der Waals surface area (Å²) in [6.07, 6.45) is -4.52. The van der Waals surface area contributed by atoms with Crippen LogP contribution in [0.4, 0.5) is 18.9 Å². The predicted octanol–water partition coefficient (Wildman–Crippen LogP) is 5.84. The third kappa shape index (κ3) is 5.19. The van der Waals surface area contributed by atoms with E-state index in [-0.39, 0.29) is 32.1 Å². The minimum absolute atomic E-state index is 0.0206. The highest BCUT2D eigenvalue weighted by atomic mass is 35.5. The Labute approximate surface area is 150 Å². The number of alkyl halides is 3. The van der Waals surface area contributed by atoms with Gasteiger partial charge in [0.05, 0.1) is 16.3 Å². The van der Waals surface area contributed by atoms with E-state index >= 15 is 0 Å². The number of benzene rings is 2. The van der Waals surface area contributed by atoms with Gasteiger partial charge in [-0.3, -0.25) is 4.79 Å². The Morgan fingerprint density at radius 3 is 2.33 bits per heavy atom. The number of halogens is 6. The SMILES string of the molecule is O=C(Nc1cc(Cl)ccc1OCC(F)(F)F)c1cc(Cl)ccc1Cl. The maximum Gasteiger partial charge on any atom is 0.422 e. The molecule has 0 unspecified atom stereocenters. The lowest BCUT2D eigenvalue weighted by Gasteiger charge is -2.14. The second-order valence-corrected chi connectivity index (χ2v) is 5.90. The molecule has 0 saturated heterocycles. The topological polar surface area (TPSA) is 38.3 Å². The lowest BCUT2D eigenvalue weighted by atomic mass is 10.2. The summed E-state index contributed by atoms with van der Waals surface area (Å²) < 4.78 is 41.6. The van der Waals surface area contributed by atoms with Gasteiger partial charge < -0.3 is 10.1 Å². The Morgan fingerprint density at radius 1 is 1.04 bits per heavy atom. The van der Waals surface area contributed by atoms with Crippen molar-refractivity contribution in [3.63, 3.8) is 0 Å². The third-order valence-corrected chi connectivity index (χ3v) is 3.55. The molecule has 0 aliphatic carbocycles. The van der Waals surface area contributed by atoms with Gasteiger partial charge in [-0.2, -0.15) is 13.2 Å². The van der Waals surface area contributed by atoms with E-state index in [9.17, 15) is 18.0 Å². The summed E-state index contributed by atoms with van der Waals surface area (Å²) in [5, 5.41) is 3.04. The Morgan fingerprint density at radius 2 is 1.67 bits per heavy atom. The van der Waals surface area contributed by atoms with Crippen LogP contribution in [0, 0.1) is 0 Å². The van der Waals surface area contributed by atoms with Crippen LogP contribution in [0.15, 0.2) is 36.4 Å². The first-order valence-electron chi connectivity index (χ1n) is 6.41. The van der Waals surface area contributed by atoms with Crippen molar-refractivity contribution < 1.29 is 22.7 Å². The van der Waals surface area contributed by atoms with E-state index in [1.165, 1.54) is 36.4 Å². The molecule has 2 aromatic carbocycles. The van der Waals surface area contributed by atoms with Gasteiger partial charge in [0.1, 0.15) is 5.75 Å². The van der Waals surface area contributed by atoms with E-state index in [0.717, 1.165) is 0 Å². The Balaban J connectivity index is 2.26. The first-order chi connectivity index (χ1) is 11.2. The van der Waals surface area contributed by atoms with Gasteiger partial charge in [0, 0.05) is 10.0 Å². The molecule has 9 heteroatoms. The lowest BCUT2D eigenvalue weighted by Crippen LogP contribution is -2.20. The van der Waals surface area contributed by atoms with Crippen LogP contribution in [0.3, 0.4) is 0 Å². The van der Waals surface area contributed by atoms with Gasteiger partial charge in [-0.1, -0.05) is 34.8 Å². The zero-order chi connectivity index (χ0) is 17.9. The Hall–Kier alpha value is -1.63. The predicted molar refractivity (Wildman–Crippen MR) is 87.4 cm³/mol. The summed E-state index contributed by atoms with van der Waals surface area (Å²) in [5.74, 6) is -0.843. The highest BCUT2D eigenvalue weighted by Crippen LogP contribution is 2.31. The molecule has 0 radical (unpaired) electrons. The van der Waals surface area contributed by atoms with Gasteiger partial charge in [0.2, 0.25) is 0 Å². The summed E-state index contributed by atoms with van der Waals surface area (Å²) >= 11 is 17.6. The molecule has 3 nitrogen and oxygen atoms in total. The van der Waals surface area contributed by atoms with Crippen molar-refractivity contribution in [3.05, 3.63) is 57.0 Å². The Kier molecular flexibility index (Phi) is 5.85. The Bertz CT molecular complexity index is 766. The van der Waals surface area contributed by atoms with Crippen LogP contribution >= 0.6 is 34.8 Å². The molecule has 128 valence electrons. The number of amides is 1. The molecule has 0 saturated carbocycles. The van der Waals surface area contributed by atoms with Crippen LogP contribution in [-0.2, 0) is 0 Å². The number of rotatable bonds is 4. The average Bonchev–Trinajstić information content (AvgIpc) is 2.48. The molecule has 1 N–H and O–H groups in total. The van der Waals surface area contributed by atoms with Crippen LogP contribution in [0.2, 0.25) is 15.1 Å². The van der Waals surface area contributed by atoms with E-state index in [2.05, 4.69) is 10.1 Å². The van der Waals surface area contributed by atoms with Crippen molar-refractivity contribution in [1.29, 1.82) is 0 Å². The zero-order valence-corrected chi connectivity index (χ0v) is 14.0. The number of hydrogen-bond donors (Lipinski definition) is 1. The van der Waals surface area contributed by atoms with Crippen LogP contribution in [0.1, 0.15) is 10.4 Å². The van der Waals surface area contributed by atoms with Crippen LogP contribution in [0.5, 0.6) is 5.75 Å². The van der Waals surface area contributed by atoms with E-state index in [0.29, 0.717) is 0 Å². The van der Waals surface area contributed by atoms with Crippen LogP contribution < -0.4 is 10.1 Å². The van der Waals surface area contributed by atoms with E-state index in [4.69, 9.17) is 34.8 Å². The molecule has 0 aromatic heterocycles. The summed E-state index contributed by atoms with van der Waals surface area (Å²) in [4.78, 5) is 12.3. The molecule has 0 heterocycles. The van der Waals surface area contributed by atoms with Gasteiger partial charge in [0.15, 0.2) is 6.61 Å². The quantitative estimate of drug-likeness (QED) is 0.702. The molecule has 2 rings (SSSR count). The molecule has 0 fully saturated rings. The van der Waals surface area contributed by atoms with Crippen molar-refractivity contribution in [1.82, 2.24) is 0 Å². The third-order valence-electron chi connectivity index (χ3n) is 2.75. The molecule has 0 atom stereocenters. The molecule has 0 aliphatic heterocycles. The molecule has 0 bridgehead atoms. The number of hydrogen-bond acceptors (Lipinski definition) is 2. The van der Waals surface area contributed by atoms with Crippen molar-refractivity contribution in [2.24, 2.45) is 0 Å². The normalized spacial score (nSPS) is 11.2. The molecular formula is C15H9Cl3F3NO2. The molecule has 0 aliphatic rings. The van der Waals surface area contributed by atoms with Gasteiger partial charge >= 0.3 is 6.18 Å². The largest absolute Gasteiger partial charge is 0.482 e. The summed E-state index contributed by atoms with van der Waals surface area (Å²) in [6, 6.07) is 8.10. The van der Waals surface area contributed by atoms with Crippen molar-refractivity contribution in [3.8, 4) is 5.75 Å². The fraction of sp³-hybridized carbons (Fsp3) is 0.133. The molecular weight excluding hydrogens is 390 g/mol. The fourth-order valence-electron chi connectivity index (χ4n) is 1.75. The minimum atomic E-state index is -4.52. The van der Waals surface area contributed by atoms with Gasteiger partial charge in [-0.05, 0) is 36.4 Å². The smallest absolute Gasteiger partial charge is 0.422 e. The van der Waals surface area contributed by atoms with Gasteiger partial charge in [-0.25, -0.2) is 0 Å². The first kappa shape index (κ1) is 18.7. The summed E-state index contributed by atoms with van der Waals surface area (Å²) in [7, 11) is 0. The monoisotopic (exact) mass is 397 g/mol. The van der Waals surface area contributed by atoms with E-state index < -0.39 is 18.7 Å². The standard InChI is InChI=1S/C15H9Cl3F3NO2/c16-8-1-3-11(18)10(5-8)14(23)22-12-6-9(17)2-4-13(12)24-7-15(19,20)21/h1-6H,7H2,(H,22,23). The average molecular weight is 399 g/mol. The van der Waals surface area contributed by atoms with Gasteiger partial charge in [0.25, 0.3) is 5.91 Å². The number of anilines is 1. The second kappa shape index (κ2) is 7.51. The van der Waals surface area contributed by atoms with Crippen molar-refractivity contribution >= 4 is 46.4 Å². The number of ether oxygens (including phenoxy) is 1. The maximum absolute atomic E-state index is 12.3. The summed E-state index contributed by atoms with van der Waals surface area (Å²) in [6.45, 7) is -1.50. The summed E-state index contributed by atoms with van der Waals surface area (Å²) in [5.41, 5.74) is 0.0405. The van der Waals surface area contributed by atoms with Crippen LogP contribution in [-0.4, -0.2) is 18.7 Å². The van der Waals surface area contributed by atoms with E-state index in [1.807, 2.05) is 0 Å². The number of nitrogens with one attached hydrogen (secondary N) is 1. The van der Waals surface area contributed by atoms with Crippen molar-refractivity contribution in [2.75, 3.05) is 11.9 Å². The number of carbonyl (C=O) groups excluding carboxylic acids is 1. The van der Waals surface area contributed by atoms with E-state index in [1.54, 1.807) is 0 Å². The van der Waals surface area contributed by atoms with Crippen LogP contribution in [0.25, 0.3) is 0 Å². The van der Waals surface area contributed by atoms with Crippen molar-refractivity contribution in [2.45, 2.75) is 6.18 Å². The molecule has 24 heavy (non-hydrogen) atoms. The minimum Gasteiger partial charge on any atom is -0.482 e. The second-order valence-electron chi connectivity index (χ2n) is 4.62. The molecule has 1 amide bonds. The lowest BCUT2D eigenvalue weighted by molar-refractivity contribution is -0.153. The molecule has 0 spiro atoms. The first-order valence-corrected chi connectivity index (χ1v) is 7.54.